The first-order valence-corrected chi connectivity index (χ1v) is 12.1. The lowest BCUT2D eigenvalue weighted by atomic mass is 9.80. The first-order chi connectivity index (χ1) is 14.6. The van der Waals surface area contributed by atoms with Gasteiger partial charge in [-0.25, -0.2) is 9.50 Å². The molecule has 2 N–H and O–H groups in total. The summed E-state index contributed by atoms with van der Waals surface area (Å²) in [6.07, 6.45) is 10.4. The molecule has 156 valence electrons. The Morgan fingerprint density at radius 2 is 1.97 bits per heavy atom. The molecule has 6 rings (SSSR count). The second-order valence-electron chi connectivity index (χ2n) is 9.56. The largest absolute Gasteiger partial charge is 0.354 e. The highest BCUT2D eigenvalue weighted by Gasteiger charge is 2.33. The Morgan fingerprint density at radius 3 is 2.73 bits per heavy atom. The van der Waals surface area contributed by atoms with Crippen LogP contribution in [0.1, 0.15) is 73.8 Å². The van der Waals surface area contributed by atoms with Crippen molar-refractivity contribution in [2.45, 2.75) is 76.8 Å². The molecule has 2 aliphatic rings. The van der Waals surface area contributed by atoms with Gasteiger partial charge in [-0.05, 0) is 67.7 Å². The zero-order valence-corrected chi connectivity index (χ0v) is 18.7. The maximum absolute atomic E-state index is 4.37. The number of thiophene rings is 1. The minimum Gasteiger partial charge on any atom is -0.354 e. The first kappa shape index (κ1) is 18.6. The van der Waals surface area contributed by atoms with E-state index in [-0.39, 0.29) is 0 Å². The molecular weight excluding hydrogens is 390 g/mol. The van der Waals surface area contributed by atoms with Crippen LogP contribution < -0.4 is 5.32 Å². The number of nitrogens with one attached hydrogen (secondary N) is 2. The second kappa shape index (κ2) is 6.92. The smallest absolute Gasteiger partial charge is 0.158 e. The fourth-order valence-corrected chi connectivity index (χ4v) is 7.17. The lowest BCUT2D eigenvalue weighted by Crippen LogP contribution is -2.47. The number of piperidine rings is 2. The van der Waals surface area contributed by atoms with Crippen molar-refractivity contribution in [3.63, 3.8) is 0 Å². The molecule has 0 saturated carbocycles. The van der Waals surface area contributed by atoms with E-state index in [2.05, 4.69) is 59.5 Å². The molecule has 0 aromatic carbocycles. The van der Waals surface area contributed by atoms with Crippen LogP contribution in [0.25, 0.3) is 27.1 Å². The third-order valence-corrected chi connectivity index (χ3v) is 8.40. The van der Waals surface area contributed by atoms with Gasteiger partial charge < -0.3 is 10.3 Å². The van der Waals surface area contributed by atoms with E-state index in [9.17, 15) is 0 Å². The van der Waals surface area contributed by atoms with Gasteiger partial charge in [0.2, 0.25) is 0 Å². The fourth-order valence-electron chi connectivity index (χ4n) is 5.73. The van der Waals surface area contributed by atoms with Gasteiger partial charge in [-0.3, -0.25) is 0 Å². The van der Waals surface area contributed by atoms with Crippen molar-refractivity contribution >= 4 is 27.2 Å². The molecule has 2 atom stereocenters. The number of hydrogen-bond acceptors (Lipinski definition) is 4. The van der Waals surface area contributed by atoms with Gasteiger partial charge >= 0.3 is 0 Å². The molecule has 2 aliphatic heterocycles. The molecule has 0 radical (unpaired) electrons. The average Bonchev–Trinajstić information content (AvgIpc) is 3.41. The van der Waals surface area contributed by atoms with Crippen molar-refractivity contribution in [2.24, 2.45) is 0 Å². The third kappa shape index (κ3) is 2.92. The van der Waals surface area contributed by atoms with Crippen LogP contribution in [0.3, 0.4) is 0 Å². The molecule has 6 heterocycles. The minimum atomic E-state index is 0.458. The molecule has 4 aromatic heterocycles. The number of H-pyrrole nitrogens is 1. The van der Waals surface area contributed by atoms with Crippen LogP contribution in [0.5, 0.6) is 0 Å². The molecule has 2 saturated heterocycles. The highest BCUT2D eigenvalue weighted by molar-refractivity contribution is 7.19. The predicted octanol–water partition coefficient (Wildman–Crippen LogP) is 5.76. The zero-order valence-electron chi connectivity index (χ0n) is 17.9. The number of rotatable bonds is 3. The molecule has 30 heavy (non-hydrogen) atoms. The Balaban J connectivity index is 1.43. The van der Waals surface area contributed by atoms with E-state index in [1.807, 2.05) is 15.9 Å². The number of pyridine rings is 1. The van der Waals surface area contributed by atoms with Crippen LogP contribution in [-0.2, 0) is 0 Å². The number of aryl methyl sites for hydroxylation is 1. The Kier molecular flexibility index (Phi) is 4.29. The summed E-state index contributed by atoms with van der Waals surface area (Å²) >= 11 is 2.03. The van der Waals surface area contributed by atoms with E-state index in [1.54, 1.807) is 11.2 Å². The van der Waals surface area contributed by atoms with Crippen LogP contribution >= 0.6 is 11.3 Å². The topological polar surface area (TPSA) is 58.0 Å². The average molecular weight is 420 g/mol. The maximum Gasteiger partial charge on any atom is 0.158 e. The molecule has 2 fully saturated rings. The van der Waals surface area contributed by atoms with Gasteiger partial charge in [-0.2, -0.15) is 5.10 Å². The summed E-state index contributed by atoms with van der Waals surface area (Å²) in [5.41, 5.74) is 7.25. The fraction of sp³-hybridized carbons (Fsp3) is 0.500. The molecule has 0 spiro atoms. The number of hydrogen-bond donors (Lipinski definition) is 2. The van der Waals surface area contributed by atoms with Crippen molar-refractivity contribution in [3.05, 3.63) is 40.7 Å². The molecule has 5 nitrogen and oxygen atoms in total. The zero-order chi connectivity index (χ0) is 20.4. The van der Waals surface area contributed by atoms with Crippen molar-refractivity contribution in [2.75, 3.05) is 0 Å². The van der Waals surface area contributed by atoms with Crippen LogP contribution in [0, 0.1) is 6.92 Å². The maximum atomic E-state index is 4.37. The van der Waals surface area contributed by atoms with E-state index < -0.39 is 0 Å². The number of aromatic amines is 1. The lowest BCUT2D eigenvalue weighted by Gasteiger charge is -2.40. The summed E-state index contributed by atoms with van der Waals surface area (Å²) < 4.78 is 3.33. The molecule has 6 heteroatoms. The number of aromatic nitrogens is 4. The van der Waals surface area contributed by atoms with Gasteiger partial charge in [0, 0.05) is 28.7 Å². The minimum absolute atomic E-state index is 0.458. The first-order valence-electron chi connectivity index (χ1n) is 11.3. The highest BCUT2D eigenvalue weighted by Crippen LogP contribution is 2.45. The van der Waals surface area contributed by atoms with Gasteiger partial charge in [0.1, 0.15) is 6.33 Å². The standard InChI is InChI=1S/C24H29N5S/c1-13(2)21-22(16-7-14(3)24-25-12-26-29(24)11-16)28-19-10-20(30-23(19)21)15-8-17-5-4-6-18(9-15)27-17/h7,10-13,15,17-18,27-28H,4-6,8-9H2,1-3H3. The van der Waals surface area contributed by atoms with Crippen LogP contribution in [-0.4, -0.2) is 31.7 Å². The van der Waals surface area contributed by atoms with Gasteiger partial charge in [-0.15, -0.1) is 11.3 Å². The normalized spacial score (nSPS) is 24.3. The summed E-state index contributed by atoms with van der Waals surface area (Å²) in [7, 11) is 0. The summed E-state index contributed by atoms with van der Waals surface area (Å²) in [4.78, 5) is 9.73. The van der Waals surface area contributed by atoms with Gasteiger partial charge in [0.05, 0.1) is 15.9 Å². The highest BCUT2D eigenvalue weighted by atomic mass is 32.1. The number of fused-ring (bicyclic) bond motifs is 4. The van der Waals surface area contributed by atoms with E-state index >= 15 is 0 Å². The van der Waals surface area contributed by atoms with E-state index in [1.165, 1.54) is 59.1 Å². The Hall–Kier alpha value is -2.18. The van der Waals surface area contributed by atoms with Crippen molar-refractivity contribution in [3.8, 4) is 11.3 Å². The Labute approximate surface area is 180 Å². The third-order valence-electron chi connectivity index (χ3n) is 7.07. The molecule has 2 bridgehead atoms. The molecular formula is C24H29N5S. The summed E-state index contributed by atoms with van der Waals surface area (Å²) in [6, 6.07) is 6.13. The van der Waals surface area contributed by atoms with Crippen LogP contribution in [0.2, 0.25) is 0 Å². The van der Waals surface area contributed by atoms with Crippen LogP contribution in [0.4, 0.5) is 0 Å². The predicted molar refractivity (Wildman–Crippen MR) is 124 cm³/mol. The summed E-state index contributed by atoms with van der Waals surface area (Å²) in [6.45, 7) is 6.72. The Morgan fingerprint density at radius 1 is 1.17 bits per heavy atom. The van der Waals surface area contributed by atoms with Crippen molar-refractivity contribution in [1.29, 1.82) is 0 Å². The van der Waals surface area contributed by atoms with Gasteiger partial charge in [0.25, 0.3) is 0 Å². The molecule has 2 unspecified atom stereocenters. The van der Waals surface area contributed by atoms with Gasteiger partial charge in [0.15, 0.2) is 5.65 Å². The summed E-state index contributed by atoms with van der Waals surface area (Å²) in [5.74, 6) is 1.17. The lowest BCUT2D eigenvalue weighted by molar-refractivity contribution is 0.223. The SMILES string of the molecule is Cc1cc(-c2[nH]c3cc(C4CC5CCCC(C4)N5)sc3c2C(C)C)cn2ncnc12. The molecule has 0 aliphatic carbocycles. The molecule has 4 aromatic rings. The van der Waals surface area contributed by atoms with Crippen LogP contribution in [0.15, 0.2) is 24.7 Å². The Bertz CT molecular complexity index is 1220. The number of nitrogens with zero attached hydrogens (tertiary/aromatic N) is 3. The van der Waals surface area contributed by atoms with E-state index in [0.717, 1.165) is 23.3 Å². The summed E-state index contributed by atoms with van der Waals surface area (Å²) in [5, 5.41) is 8.21. The van der Waals surface area contributed by atoms with Crippen molar-refractivity contribution in [1.82, 2.24) is 24.9 Å². The van der Waals surface area contributed by atoms with Crippen molar-refractivity contribution < 1.29 is 0 Å². The molecule has 0 amide bonds. The quantitative estimate of drug-likeness (QED) is 0.444. The van der Waals surface area contributed by atoms with E-state index in [4.69, 9.17) is 0 Å². The van der Waals surface area contributed by atoms with E-state index in [0.29, 0.717) is 11.8 Å². The monoisotopic (exact) mass is 419 g/mol. The van der Waals surface area contributed by atoms with Gasteiger partial charge in [-0.1, -0.05) is 20.3 Å². The second-order valence-corrected chi connectivity index (χ2v) is 10.6.